The zero-order valence-electron chi connectivity index (χ0n) is 14.7. The molecule has 1 saturated carbocycles. The Morgan fingerprint density at radius 3 is 0.969 bits per heavy atom. The Morgan fingerprint density at radius 2 is 0.812 bits per heavy atom. The SMILES string of the molecule is O=P(O)(O)OC1C(P(=O)(O)O)C(P(=O)(O)O)C(O)(P(=O)(O)O)C(P(=O)(O)O)C1P(=O)(O)O. The monoisotopic (exact) mass is 596 g/mol. The van der Waals surface area contributed by atoms with E-state index in [-0.39, 0.29) is 0 Å². The first-order chi connectivity index (χ1) is 13.6. The maximum absolute atomic E-state index is 12.0. The lowest BCUT2D eigenvalue weighted by atomic mass is 9.92. The lowest BCUT2D eigenvalue weighted by Gasteiger charge is -2.54. The van der Waals surface area contributed by atoms with Gasteiger partial charge in [0.1, 0.15) is 22.6 Å². The van der Waals surface area contributed by atoms with E-state index in [9.17, 15) is 81.4 Å². The number of aliphatic hydroxyl groups is 1. The molecule has 0 saturated heterocycles. The Kier molecular flexibility index (Phi) is 8.42. The molecule has 0 aromatic heterocycles. The lowest BCUT2D eigenvalue weighted by Crippen LogP contribution is -2.69. The van der Waals surface area contributed by atoms with E-state index < -0.39 is 79.9 Å². The van der Waals surface area contributed by atoms with Gasteiger partial charge in [0.2, 0.25) is 0 Å². The molecule has 0 aromatic carbocycles. The second kappa shape index (κ2) is 8.74. The van der Waals surface area contributed by atoms with E-state index in [1.165, 1.54) is 0 Å². The van der Waals surface area contributed by atoms with Crippen molar-refractivity contribution in [1.82, 2.24) is 0 Å². The van der Waals surface area contributed by atoms with E-state index in [0.29, 0.717) is 0 Å². The fraction of sp³-hybridized carbons (Fsp3) is 1.00. The van der Waals surface area contributed by atoms with E-state index in [0.717, 1.165) is 0 Å². The first-order valence-electron chi connectivity index (χ1n) is 7.30. The van der Waals surface area contributed by atoms with E-state index >= 15 is 0 Å². The smallest absolute Gasteiger partial charge is 0.376 e. The Bertz CT molecular complexity index is 955. The van der Waals surface area contributed by atoms with Gasteiger partial charge in [-0.25, -0.2) is 4.57 Å². The molecule has 1 rings (SSSR count). The van der Waals surface area contributed by atoms with E-state index in [2.05, 4.69) is 4.52 Å². The highest BCUT2D eigenvalue weighted by Gasteiger charge is 2.80. The summed E-state index contributed by atoms with van der Waals surface area (Å²) in [5.74, 6) is 0. The summed E-state index contributed by atoms with van der Waals surface area (Å²) in [7, 11) is -39.0. The van der Waals surface area contributed by atoms with Crippen molar-refractivity contribution >= 4 is 45.8 Å². The van der Waals surface area contributed by atoms with Crippen molar-refractivity contribution in [2.45, 2.75) is 34.1 Å². The van der Waals surface area contributed by atoms with Crippen LogP contribution in [0.2, 0.25) is 0 Å². The molecule has 13 N–H and O–H groups in total. The third-order valence-corrected chi connectivity index (χ3v) is 12.9. The minimum atomic E-state index is -6.81. The molecule has 0 radical (unpaired) electrons. The molecule has 192 valence electrons. The molecule has 0 aliphatic heterocycles. The van der Waals surface area contributed by atoms with Crippen LogP contribution in [0.3, 0.4) is 0 Å². The molecule has 1 fully saturated rings. The van der Waals surface area contributed by atoms with Crippen LogP contribution in [0, 0.1) is 0 Å². The second-order valence-electron chi connectivity index (χ2n) is 6.61. The first kappa shape index (κ1) is 30.9. The van der Waals surface area contributed by atoms with E-state index in [1.54, 1.807) is 0 Å². The summed E-state index contributed by atoms with van der Waals surface area (Å²) in [6.45, 7) is 0. The summed E-state index contributed by atoms with van der Waals surface area (Å²) in [5.41, 5.74) is -15.3. The molecule has 0 amide bonds. The van der Waals surface area contributed by atoms with Crippen LogP contribution < -0.4 is 0 Å². The Morgan fingerprint density at radius 1 is 0.531 bits per heavy atom. The molecule has 1 aliphatic rings. The van der Waals surface area contributed by atoms with E-state index in [1.807, 2.05) is 0 Å². The van der Waals surface area contributed by atoms with Crippen molar-refractivity contribution in [3.05, 3.63) is 0 Å². The molecule has 0 spiro atoms. The van der Waals surface area contributed by atoms with Crippen LogP contribution in [0.5, 0.6) is 0 Å². The highest BCUT2D eigenvalue weighted by atomic mass is 31.2. The maximum Gasteiger partial charge on any atom is 0.469 e. The van der Waals surface area contributed by atoms with Crippen molar-refractivity contribution in [3.63, 3.8) is 0 Å². The van der Waals surface area contributed by atoms with Gasteiger partial charge in [0.15, 0.2) is 5.34 Å². The molecule has 20 nitrogen and oxygen atoms in total. The largest absolute Gasteiger partial charge is 0.469 e. The Labute approximate surface area is 176 Å². The topological polar surface area (TPSA) is 375 Å². The zero-order valence-corrected chi connectivity index (χ0v) is 20.1. The average molecular weight is 596 g/mol. The van der Waals surface area contributed by atoms with Crippen molar-refractivity contribution in [2.24, 2.45) is 0 Å². The van der Waals surface area contributed by atoms with Crippen molar-refractivity contribution in [3.8, 4) is 0 Å². The normalized spacial score (nSPS) is 33.8. The van der Waals surface area contributed by atoms with Gasteiger partial charge in [0.05, 0.1) is 6.10 Å². The van der Waals surface area contributed by atoms with Crippen molar-refractivity contribution in [2.75, 3.05) is 0 Å². The molecule has 4 atom stereocenters. The Hall–Kier alpha value is 0.820. The van der Waals surface area contributed by atoms with Gasteiger partial charge < -0.3 is 63.8 Å². The number of hydrogen-bond acceptors (Lipinski definition) is 8. The third-order valence-electron chi connectivity index (χ3n) is 4.42. The Balaban J connectivity index is 4.41. The predicted octanol–water partition coefficient (Wildman–Crippen LogP) is -3.47. The molecule has 0 bridgehead atoms. The summed E-state index contributed by atoms with van der Waals surface area (Å²) in [5, 5.41) is 5.65. The number of phosphoric ester groups is 1. The van der Waals surface area contributed by atoms with Crippen molar-refractivity contribution < 1.29 is 95.7 Å². The van der Waals surface area contributed by atoms with Crippen LogP contribution in [0.1, 0.15) is 0 Å². The van der Waals surface area contributed by atoms with Crippen LogP contribution >= 0.6 is 45.8 Å². The minimum absolute atomic E-state index is 3.56. The summed E-state index contributed by atoms with van der Waals surface area (Å²) >= 11 is 0. The standard InChI is InChI=1S/C6H18O20P6/c7-6(31(20,21)22)4(29(14,15)16)2(27(8,9)10)1(26-32(23,24)25)3(28(11,12)13)5(6)30(17,18)19/h1-5,7H,(H2,8,9,10)(H2,11,12,13)(H2,14,15,16)(H2,17,18,19)(H2,20,21,22)(H2,23,24,25). The number of hydrogen-bond donors (Lipinski definition) is 13. The number of rotatable bonds is 7. The third kappa shape index (κ3) is 6.14. The molecule has 32 heavy (non-hydrogen) atoms. The van der Waals surface area contributed by atoms with Gasteiger partial charge in [0, 0.05) is 0 Å². The molecule has 26 heteroatoms. The summed E-state index contributed by atoms with van der Waals surface area (Å²) in [6.07, 6.45) is -3.56. The van der Waals surface area contributed by atoms with Crippen LogP contribution in [0.15, 0.2) is 0 Å². The van der Waals surface area contributed by atoms with Crippen LogP contribution in [0.25, 0.3) is 0 Å². The molecule has 0 heterocycles. The van der Waals surface area contributed by atoms with Crippen LogP contribution in [-0.4, -0.2) is 97.9 Å². The van der Waals surface area contributed by atoms with Crippen molar-refractivity contribution in [1.29, 1.82) is 0 Å². The summed E-state index contributed by atoms with van der Waals surface area (Å²) < 4.78 is 75.1. The maximum atomic E-state index is 12.0. The highest BCUT2D eigenvalue weighted by molar-refractivity contribution is 7.63. The summed E-state index contributed by atoms with van der Waals surface area (Å²) in [4.78, 5) is 113. The second-order valence-corrected chi connectivity index (χ2v) is 16.6. The van der Waals surface area contributed by atoms with Crippen LogP contribution in [-0.2, 0) is 31.9 Å². The van der Waals surface area contributed by atoms with Crippen LogP contribution in [0.4, 0.5) is 0 Å². The molecule has 4 unspecified atom stereocenters. The molecular formula is C6H18O20P6. The quantitative estimate of drug-likeness (QED) is 0.127. The van der Waals surface area contributed by atoms with Gasteiger partial charge in [-0.3, -0.25) is 27.3 Å². The number of phosphoric acid groups is 1. The zero-order chi connectivity index (χ0) is 26.1. The van der Waals surface area contributed by atoms with Gasteiger partial charge in [-0.15, -0.1) is 0 Å². The van der Waals surface area contributed by atoms with Gasteiger partial charge in [-0.1, -0.05) is 0 Å². The lowest BCUT2D eigenvalue weighted by molar-refractivity contribution is -0.0000377. The first-order valence-corrected chi connectivity index (χ1v) is 17.2. The van der Waals surface area contributed by atoms with E-state index in [4.69, 9.17) is 9.79 Å². The predicted molar refractivity (Wildman–Crippen MR) is 97.2 cm³/mol. The minimum Gasteiger partial charge on any atom is -0.376 e. The average Bonchev–Trinajstić information content (AvgIpc) is 2.40. The molecular weight excluding hydrogens is 578 g/mol. The van der Waals surface area contributed by atoms with Gasteiger partial charge in [-0.05, 0) is 0 Å². The molecule has 0 aromatic rings. The fourth-order valence-corrected chi connectivity index (χ4v) is 14.6. The fourth-order valence-electron chi connectivity index (χ4n) is 3.51. The van der Waals surface area contributed by atoms with Gasteiger partial charge in [-0.2, -0.15) is 0 Å². The molecule has 1 aliphatic carbocycles. The van der Waals surface area contributed by atoms with Gasteiger partial charge >= 0.3 is 45.8 Å². The highest BCUT2D eigenvalue weighted by Crippen LogP contribution is 2.77. The van der Waals surface area contributed by atoms with Gasteiger partial charge in [0.25, 0.3) is 0 Å². The summed E-state index contributed by atoms with van der Waals surface area (Å²) in [6, 6.07) is 0.